The van der Waals surface area contributed by atoms with E-state index in [4.69, 9.17) is 10.5 Å². The van der Waals surface area contributed by atoms with Gasteiger partial charge in [-0.1, -0.05) is 32.4 Å². The summed E-state index contributed by atoms with van der Waals surface area (Å²) in [5, 5.41) is 10.3. The highest BCUT2D eigenvalue weighted by atomic mass is 16.5. The number of hydrogen-bond donors (Lipinski definition) is 2. The van der Waals surface area contributed by atoms with E-state index in [0.29, 0.717) is 6.54 Å². The predicted molar refractivity (Wildman–Crippen MR) is 70.3 cm³/mol. The van der Waals surface area contributed by atoms with Gasteiger partial charge in [0.05, 0.1) is 13.2 Å². The van der Waals surface area contributed by atoms with Crippen LogP contribution < -0.4 is 10.5 Å². The van der Waals surface area contributed by atoms with Gasteiger partial charge in [0.15, 0.2) is 0 Å². The third-order valence-electron chi connectivity index (χ3n) is 3.42. The third kappa shape index (κ3) is 3.45. The minimum Gasteiger partial charge on any atom is -0.497 e. The summed E-state index contributed by atoms with van der Waals surface area (Å²) in [5.74, 6) is 1.02. The van der Waals surface area contributed by atoms with Crippen LogP contribution >= 0.6 is 0 Å². The van der Waals surface area contributed by atoms with Crippen molar-refractivity contribution in [1.82, 2.24) is 0 Å². The van der Waals surface area contributed by atoms with Gasteiger partial charge in [0.2, 0.25) is 0 Å². The van der Waals surface area contributed by atoms with Crippen molar-refractivity contribution < 1.29 is 9.84 Å². The van der Waals surface area contributed by atoms with Crippen molar-refractivity contribution in [2.45, 2.75) is 32.3 Å². The fourth-order valence-electron chi connectivity index (χ4n) is 1.98. The molecule has 1 aromatic rings. The van der Waals surface area contributed by atoms with Crippen molar-refractivity contribution >= 4 is 0 Å². The number of rotatable bonds is 6. The molecule has 96 valence electrons. The lowest BCUT2D eigenvalue weighted by molar-refractivity contribution is 0.0885. The average Bonchev–Trinajstić information content (AvgIpc) is 2.38. The zero-order chi connectivity index (χ0) is 12.8. The number of aliphatic hydroxyl groups excluding tert-OH is 1. The van der Waals surface area contributed by atoms with Gasteiger partial charge in [-0.05, 0) is 23.6 Å². The molecular formula is C14H23NO2. The highest BCUT2D eigenvalue weighted by Gasteiger charge is 2.24. The normalized spacial score (nSPS) is 16.3. The molecule has 0 aromatic heterocycles. The van der Waals surface area contributed by atoms with Crippen molar-refractivity contribution in [3.63, 3.8) is 0 Å². The van der Waals surface area contributed by atoms with Gasteiger partial charge >= 0.3 is 0 Å². The minimum atomic E-state index is -0.405. The summed E-state index contributed by atoms with van der Waals surface area (Å²) in [5.41, 5.74) is 6.83. The van der Waals surface area contributed by atoms with E-state index in [1.807, 2.05) is 31.2 Å². The molecule has 0 radical (unpaired) electrons. The Balaban J connectivity index is 2.92. The Hall–Kier alpha value is -1.06. The molecule has 0 amide bonds. The number of benzene rings is 1. The Morgan fingerprint density at radius 3 is 2.65 bits per heavy atom. The van der Waals surface area contributed by atoms with Gasteiger partial charge < -0.3 is 15.6 Å². The van der Waals surface area contributed by atoms with Gasteiger partial charge in [-0.2, -0.15) is 0 Å². The summed E-state index contributed by atoms with van der Waals surface area (Å²) in [6.07, 6.45) is 0.541. The summed E-state index contributed by atoms with van der Waals surface area (Å²) < 4.78 is 5.19. The van der Waals surface area contributed by atoms with Crippen LogP contribution in [-0.2, 0) is 0 Å². The molecule has 17 heavy (non-hydrogen) atoms. The summed E-state index contributed by atoms with van der Waals surface area (Å²) in [6.45, 7) is 4.57. The third-order valence-corrected chi connectivity index (χ3v) is 3.42. The lowest BCUT2D eigenvalue weighted by atomic mass is 9.85. The number of ether oxygens (including phenoxy) is 1. The van der Waals surface area contributed by atoms with E-state index in [1.165, 1.54) is 0 Å². The molecule has 0 saturated carbocycles. The van der Waals surface area contributed by atoms with E-state index in [2.05, 4.69) is 6.92 Å². The van der Waals surface area contributed by atoms with Crippen LogP contribution in [-0.4, -0.2) is 24.9 Å². The molecule has 0 saturated heterocycles. The van der Waals surface area contributed by atoms with Crippen LogP contribution in [0.1, 0.15) is 31.7 Å². The molecule has 3 nitrogen and oxygen atoms in total. The van der Waals surface area contributed by atoms with E-state index in [0.717, 1.165) is 17.7 Å². The lowest BCUT2D eigenvalue weighted by Crippen LogP contribution is -2.31. The Bertz CT molecular complexity index is 341. The molecular weight excluding hydrogens is 214 g/mol. The maximum absolute atomic E-state index is 10.3. The zero-order valence-electron chi connectivity index (χ0n) is 10.9. The smallest absolute Gasteiger partial charge is 0.119 e. The summed E-state index contributed by atoms with van der Waals surface area (Å²) in [4.78, 5) is 0. The molecule has 0 heterocycles. The molecule has 0 aliphatic rings. The molecule has 0 bridgehead atoms. The summed E-state index contributed by atoms with van der Waals surface area (Å²) in [7, 11) is 1.64. The summed E-state index contributed by atoms with van der Waals surface area (Å²) >= 11 is 0. The molecule has 3 heteroatoms. The molecule has 1 rings (SSSR count). The largest absolute Gasteiger partial charge is 0.497 e. The van der Waals surface area contributed by atoms with Crippen LogP contribution in [0.5, 0.6) is 5.75 Å². The molecule has 0 spiro atoms. The van der Waals surface area contributed by atoms with Crippen molar-refractivity contribution in [1.29, 1.82) is 0 Å². The SMILES string of the molecule is CCC(C)C(O)C(CN)c1cccc(OC)c1. The summed E-state index contributed by atoms with van der Waals surface area (Å²) in [6, 6.07) is 7.77. The molecule has 0 aliphatic heterocycles. The first kappa shape index (κ1) is 14.0. The fraction of sp³-hybridized carbons (Fsp3) is 0.571. The Morgan fingerprint density at radius 1 is 1.41 bits per heavy atom. The Morgan fingerprint density at radius 2 is 2.12 bits per heavy atom. The highest BCUT2D eigenvalue weighted by molar-refractivity contribution is 5.31. The maximum Gasteiger partial charge on any atom is 0.119 e. The first-order valence-corrected chi connectivity index (χ1v) is 6.16. The predicted octanol–water partition coefficient (Wildman–Crippen LogP) is 2.14. The van der Waals surface area contributed by atoms with E-state index < -0.39 is 6.10 Å². The van der Waals surface area contributed by atoms with E-state index >= 15 is 0 Å². The van der Waals surface area contributed by atoms with Crippen LogP contribution in [0.2, 0.25) is 0 Å². The van der Waals surface area contributed by atoms with Gasteiger partial charge in [-0.25, -0.2) is 0 Å². The Labute approximate surface area is 104 Å². The minimum absolute atomic E-state index is 0.0277. The zero-order valence-corrected chi connectivity index (χ0v) is 10.9. The van der Waals surface area contributed by atoms with E-state index in [-0.39, 0.29) is 11.8 Å². The second kappa shape index (κ2) is 6.62. The van der Waals surface area contributed by atoms with Crippen LogP contribution in [0, 0.1) is 5.92 Å². The first-order valence-electron chi connectivity index (χ1n) is 6.16. The molecule has 3 unspecified atom stereocenters. The van der Waals surface area contributed by atoms with Gasteiger partial charge in [0.25, 0.3) is 0 Å². The number of methoxy groups -OCH3 is 1. The van der Waals surface area contributed by atoms with Gasteiger partial charge in [0, 0.05) is 12.5 Å². The lowest BCUT2D eigenvalue weighted by Gasteiger charge is -2.26. The van der Waals surface area contributed by atoms with Crippen LogP contribution in [0.15, 0.2) is 24.3 Å². The molecule has 3 atom stereocenters. The molecule has 0 fully saturated rings. The van der Waals surface area contributed by atoms with Crippen LogP contribution in [0.25, 0.3) is 0 Å². The highest BCUT2D eigenvalue weighted by Crippen LogP contribution is 2.27. The quantitative estimate of drug-likeness (QED) is 0.797. The van der Waals surface area contributed by atoms with Crippen molar-refractivity contribution in [3.05, 3.63) is 29.8 Å². The molecule has 0 aliphatic carbocycles. The standard InChI is InChI=1S/C14H23NO2/c1-4-10(2)14(16)13(9-15)11-6-5-7-12(8-11)17-3/h5-8,10,13-14,16H,4,9,15H2,1-3H3. The second-order valence-corrected chi connectivity index (χ2v) is 4.49. The van der Waals surface area contributed by atoms with Crippen molar-refractivity contribution in [3.8, 4) is 5.75 Å². The maximum atomic E-state index is 10.3. The van der Waals surface area contributed by atoms with Crippen LogP contribution in [0.4, 0.5) is 0 Å². The second-order valence-electron chi connectivity index (χ2n) is 4.49. The fourth-order valence-corrected chi connectivity index (χ4v) is 1.98. The topological polar surface area (TPSA) is 55.5 Å². The Kier molecular flexibility index (Phi) is 5.45. The van der Waals surface area contributed by atoms with Gasteiger partial charge in [-0.3, -0.25) is 0 Å². The van der Waals surface area contributed by atoms with E-state index in [9.17, 15) is 5.11 Å². The number of nitrogens with two attached hydrogens (primary N) is 1. The van der Waals surface area contributed by atoms with Gasteiger partial charge in [0.1, 0.15) is 5.75 Å². The van der Waals surface area contributed by atoms with E-state index in [1.54, 1.807) is 7.11 Å². The van der Waals surface area contributed by atoms with Gasteiger partial charge in [-0.15, -0.1) is 0 Å². The molecule has 1 aromatic carbocycles. The average molecular weight is 237 g/mol. The number of aliphatic hydroxyl groups is 1. The van der Waals surface area contributed by atoms with Crippen LogP contribution in [0.3, 0.4) is 0 Å². The first-order chi connectivity index (χ1) is 8.13. The monoisotopic (exact) mass is 237 g/mol. The molecule has 3 N–H and O–H groups in total. The van der Waals surface area contributed by atoms with Crippen molar-refractivity contribution in [2.24, 2.45) is 11.7 Å². The number of hydrogen-bond acceptors (Lipinski definition) is 3. The van der Waals surface area contributed by atoms with Crippen molar-refractivity contribution in [2.75, 3.05) is 13.7 Å².